The van der Waals surface area contributed by atoms with Gasteiger partial charge in [-0.25, -0.2) is 9.97 Å². The summed E-state index contributed by atoms with van der Waals surface area (Å²) in [6.07, 6.45) is 1.26. The highest BCUT2D eigenvalue weighted by Crippen LogP contribution is 2.14. The van der Waals surface area contributed by atoms with E-state index in [0.717, 1.165) is 0 Å². The van der Waals surface area contributed by atoms with Gasteiger partial charge in [0.25, 0.3) is 0 Å². The number of nitrogen functional groups attached to an aromatic ring is 3. The minimum Gasteiger partial charge on any atom is -0.759 e. The first kappa shape index (κ1) is 12.3. The van der Waals surface area contributed by atoms with Crippen molar-refractivity contribution >= 4 is 27.7 Å². The van der Waals surface area contributed by atoms with Gasteiger partial charge in [-0.1, -0.05) is 0 Å². The normalized spacial score (nSPS) is 10.1. The van der Waals surface area contributed by atoms with E-state index in [4.69, 9.17) is 34.7 Å². The number of hydrogen-bond acceptors (Lipinski definition) is 9. The first-order valence-corrected chi connectivity index (χ1v) is 4.33. The van der Waals surface area contributed by atoms with Crippen molar-refractivity contribution < 1.29 is 17.5 Å². The third-order valence-corrected chi connectivity index (χ3v) is 0.946. The van der Waals surface area contributed by atoms with E-state index in [1.807, 2.05) is 0 Å². The zero-order valence-corrected chi connectivity index (χ0v) is 7.56. The lowest BCUT2D eigenvalue weighted by Gasteiger charge is -2.06. The molecule has 0 aliphatic rings. The standard InChI is InChI=1S/C4H7N5.H2O4S/c5-2-3(6)8-1-9-4(2)7;1-5(2,3)4/h1H,5H2,(H4,6,7,8,9);(H2,1,2,3,4)/p-2. The van der Waals surface area contributed by atoms with Gasteiger partial charge in [0.1, 0.15) is 12.0 Å². The Hall–Kier alpha value is -1.65. The lowest BCUT2D eigenvalue weighted by Crippen LogP contribution is -2.03. The fourth-order valence-corrected chi connectivity index (χ4v) is 0.424. The van der Waals surface area contributed by atoms with Gasteiger partial charge in [-0.05, 0) is 0 Å². The molecule has 1 aromatic rings. The summed E-state index contributed by atoms with van der Waals surface area (Å²) in [4.78, 5) is 7.20. The van der Waals surface area contributed by atoms with Crippen molar-refractivity contribution in [3.05, 3.63) is 6.33 Å². The molecule has 0 unspecified atom stereocenters. The van der Waals surface area contributed by atoms with Gasteiger partial charge in [-0.3, -0.25) is 8.42 Å². The van der Waals surface area contributed by atoms with E-state index in [2.05, 4.69) is 9.97 Å². The molecule has 1 heterocycles. The van der Waals surface area contributed by atoms with Crippen molar-refractivity contribution in [2.75, 3.05) is 17.2 Å². The quantitative estimate of drug-likeness (QED) is 0.325. The fourth-order valence-electron chi connectivity index (χ4n) is 0.424. The van der Waals surface area contributed by atoms with Crippen molar-refractivity contribution in [3.63, 3.8) is 0 Å². The van der Waals surface area contributed by atoms with Gasteiger partial charge in [0.15, 0.2) is 11.6 Å². The highest BCUT2D eigenvalue weighted by molar-refractivity contribution is 7.79. The van der Waals surface area contributed by atoms with Crippen LogP contribution in [0.3, 0.4) is 0 Å². The number of rotatable bonds is 0. The van der Waals surface area contributed by atoms with E-state index in [1.165, 1.54) is 6.33 Å². The molecule has 0 saturated heterocycles. The van der Waals surface area contributed by atoms with Gasteiger partial charge < -0.3 is 26.3 Å². The van der Waals surface area contributed by atoms with Crippen molar-refractivity contribution in [3.8, 4) is 0 Å². The third-order valence-electron chi connectivity index (χ3n) is 0.946. The Balaban J connectivity index is 0.000000292. The van der Waals surface area contributed by atoms with Gasteiger partial charge in [-0.2, -0.15) is 0 Å². The molecule has 6 N–H and O–H groups in total. The van der Waals surface area contributed by atoms with Crippen LogP contribution in [0.2, 0.25) is 0 Å². The first-order chi connectivity index (χ1) is 6.22. The van der Waals surface area contributed by atoms with Gasteiger partial charge in [0, 0.05) is 10.4 Å². The monoisotopic (exact) mass is 221 g/mol. The minimum atomic E-state index is -5.17. The van der Waals surface area contributed by atoms with Crippen LogP contribution in [0.15, 0.2) is 6.33 Å². The minimum absolute atomic E-state index is 0.225. The number of anilines is 3. The summed E-state index contributed by atoms with van der Waals surface area (Å²) in [7, 11) is -5.17. The predicted octanol–water partition coefficient (Wildman–Crippen LogP) is -2.11. The largest absolute Gasteiger partial charge is 0.759 e. The van der Waals surface area contributed by atoms with Gasteiger partial charge in [-0.15, -0.1) is 0 Å². The molecule has 14 heavy (non-hydrogen) atoms. The third kappa shape index (κ3) is 5.93. The molecular formula is C4H7N5O4S-2. The van der Waals surface area contributed by atoms with Crippen LogP contribution in [0.4, 0.5) is 17.3 Å². The second-order valence-electron chi connectivity index (χ2n) is 1.97. The topological polar surface area (TPSA) is 184 Å². The van der Waals surface area contributed by atoms with E-state index in [9.17, 15) is 0 Å². The highest BCUT2D eigenvalue weighted by Gasteiger charge is 1.97. The van der Waals surface area contributed by atoms with Crippen LogP contribution in [-0.2, 0) is 10.4 Å². The van der Waals surface area contributed by atoms with Crippen LogP contribution in [0.5, 0.6) is 0 Å². The molecule has 0 radical (unpaired) electrons. The maximum atomic E-state index is 8.52. The van der Waals surface area contributed by atoms with E-state index in [0.29, 0.717) is 0 Å². The molecule has 10 heteroatoms. The Kier molecular flexibility index (Phi) is 4.01. The Morgan fingerprint density at radius 1 is 1.07 bits per heavy atom. The highest BCUT2D eigenvalue weighted by atomic mass is 32.3. The molecule has 0 aliphatic carbocycles. The first-order valence-electron chi connectivity index (χ1n) is 3.00. The maximum Gasteiger partial charge on any atom is 0.152 e. The van der Waals surface area contributed by atoms with Gasteiger partial charge in [0.05, 0.1) is 0 Å². The molecule has 1 aromatic heterocycles. The SMILES string of the molecule is Nc1ncnc(N)c1N.O=S(=O)([O-])[O-]. The zero-order valence-electron chi connectivity index (χ0n) is 6.75. The van der Waals surface area contributed by atoms with E-state index >= 15 is 0 Å². The smallest absolute Gasteiger partial charge is 0.152 e. The second kappa shape index (κ2) is 4.55. The molecule has 0 aromatic carbocycles. The molecule has 1 rings (SSSR count). The number of hydrogen-bond donors (Lipinski definition) is 3. The van der Waals surface area contributed by atoms with E-state index in [-0.39, 0.29) is 17.3 Å². The van der Waals surface area contributed by atoms with Crippen LogP contribution in [0.25, 0.3) is 0 Å². The van der Waals surface area contributed by atoms with Crippen molar-refractivity contribution in [1.29, 1.82) is 0 Å². The average molecular weight is 221 g/mol. The van der Waals surface area contributed by atoms with Gasteiger partial charge in [0.2, 0.25) is 0 Å². The van der Waals surface area contributed by atoms with Crippen molar-refractivity contribution in [1.82, 2.24) is 9.97 Å². The van der Waals surface area contributed by atoms with Crippen LogP contribution in [-0.4, -0.2) is 27.5 Å². The fraction of sp³-hybridized carbons (Fsp3) is 0. The summed E-state index contributed by atoms with van der Waals surface area (Å²) in [5.74, 6) is 0.449. The van der Waals surface area contributed by atoms with E-state index in [1.54, 1.807) is 0 Å². The van der Waals surface area contributed by atoms with Crippen LogP contribution >= 0.6 is 0 Å². The lowest BCUT2D eigenvalue weighted by molar-refractivity contribution is 0.352. The Morgan fingerprint density at radius 3 is 1.57 bits per heavy atom. The molecule has 0 saturated carbocycles. The summed E-state index contributed by atoms with van der Waals surface area (Å²) in [6, 6.07) is 0. The molecule has 0 amide bonds. The summed E-state index contributed by atoms with van der Waals surface area (Å²) in [6.45, 7) is 0. The number of nitrogens with zero attached hydrogens (tertiary/aromatic N) is 2. The van der Waals surface area contributed by atoms with Crippen molar-refractivity contribution in [2.24, 2.45) is 0 Å². The Labute approximate surface area is 79.5 Å². The van der Waals surface area contributed by atoms with Crippen LogP contribution in [0.1, 0.15) is 0 Å². The summed E-state index contributed by atoms with van der Waals surface area (Å²) in [5.41, 5.74) is 16.1. The zero-order chi connectivity index (χ0) is 11.4. The Bertz CT molecular complexity index is 376. The summed E-state index contributed by atoms with van der Waals surface area (Å²) >= 11 is 0. The molecule has 0 aliphatic heterocycles. The van der Waals surface area contributed by atoms with E-state index < -0.39 is 10.4 Å². The number of nitrogens with two attached hydrogens (primary N) is 3. The average Bonchev–Trinajstić information content (AvgIpc) is 1.97. The maximum absolute atomic E-state index is 8.52. The van der Waals surface area contributed by atoms with Crippen molar-refractivity contribution in [2.45, 2.75) is 0 Å². The molecule has 0 spiro atoms. The summed E-state index contributed by atoms with van der Waals surface area (Å²) < 4.78 is 34.1. The molecule has 0 fully saturated rings. The Morgan fingerprint density at radius 2 is 1.36 bits per heavy atom. The van der Waals surface area contributed by atoms with Gasteiger partial charge >= 0.3 is 0 Å². The second-order valence-corrected chi connectivity index (χ2v) is 2.78. The molecule has 80 valence electrons. The number of aromatic nitrogens is 2. The molecule has 0 atom stereocenters. The molecule has 9 nitrogen and oxygen atoms in total. The van der Waals surface area contributed by atoms with Crippen LogP contribution < -0.4 is 17.2 Å². The van der Waals surface area contributed by atoms with Crippen LogP contribution in [0, 0.1) is 0 Å². The molecule has 0 bridgehead atoms. The summed E-state index contributed by atoms with van der Waals surface area (Å²) in [5, 5.41) is 0. The predicted molar refractivity (Wildman–Crippen MR) is 45.7 cm³/mol. The molecular weight excluding hydrogens is 214 g/mol. The lowest BCUT2D eigenvalue weighted by atomic mass is 10.4.